The zero-order chi connectivity index (χ0) is 12.4. The number of fused-ring (bicyclic) bond motifs is 1. The molecule has 0 aromatic heterocycles. The molecule has 1 unspecified atom stereocenters. The Labute approximate surface area is 109 Å². The second kappa shape index (κ2) is 5.29. The molecule has 1 atom stereocenters. The van der Waals surface area contributed by atoms with Crippen LogP contribution in [0.4, 0.5) is 5.69 Å². The molecule has 0 spiro atoms. The summed E-state index contributed by atoms with van der Waals surface area (Å²) in [6, 6.07) is 7.91. The summed E-state index contributed by atoms with van der Waals surface area (Å²) in [6.07, 6.45) is 3.61. The number of benzene rings is 1. The molecule has 2 heterocycles. The first-order valence-corrected chi connectivity index (χ1v) is 7.14. The Bertz CT molecular complexity index is 410. The fourth-order valence-electron chi connectivity index (χ4n) is 3.03. The molecule has 0 amide bonds. The van der Waals surface area contributed by atoms with Crippen LogP contribution in [-0.4, -0.2) is 25.2 Å². The SMILES string of the molecule is CC1Cc2c(cccc2NC2CCNCC2)CN1. The average Bonchev–Trinajstić information content (AvgIpc) is 2.41. The number of nitrogens with one attached hydrogen (secondary N) is 3. The Balaban J connectivity index is 1.79. The molecule has 0 saturated carbocycles. The average molecular weight is 245 g/mol. The van der Waals surface area contributed by atoms with Gasteiger partial charge in [-0.1, -0.05) is 12.1 Å². The molecule has 1 fully saturated rings. The third-order valence-corrected chi connectivity index (χ3v) is 4.12. The minimum absolute atomic E-state index is 0.591. The van der Waals surface area contributed by atoms with Crippen LogP contribution in [-0.2, 0) is 13.0 Å². The summed E-state index contributed by atoms with van der Waals surface area (Å²) in [7, 11) is 0. The van der Waals surface area contributed by atoms with Crippen LogP contribution in [0.3, 0.4) is 0 Å². The summed E-state index contributed by atoms with van der Waals surface area (Å²) in [6.45, 7) is 5.57. The molecule has 0 bridgehead atoms. The van der Waals surface area contributed by atoms with Gasteiger partial charge in [0.15, 0.2) is 0 Å². The normalized spacial score (nSPS) is 24.6. The lowest BCUT2D eigenvalue weighted by Gasteiger charge is -2.29. The van der Waals surface area contributed by atoms with Gasteiger partial charge in [0, 0.05) is 24.3 Å². The van der Waals surface area contributed by atoms with E-state index in [1.165, 1.54) is 29.7 Å². The van der Waals surface area contributed by atoms with Crippen molar-refractivity contribution in [2.75, 3.05) is 18.4 Å². The summed E-state index contributed by atoms with van der Waals surface area (Å²) in [4.78, 5) is 0. The molecule has 1 saturated heterocycles. The van der Waals surface area contributed by atoms with E-state index >= 15 is 0 Å². The maximum absolute atomic E-state index is 3.76. The van der Waals surface area contributed by atoms with Crippen LogP contribution in [0.2, 0.25) is 0 Å². The van der Waals surface area contributed by atoms with Crippen molar-refractivity contribution in [3.8, 4) is 0 Å². The molecule has 18 heavy (non-hydrogen) atoms. The van der Waals surface area contributed by atoms with E-state index in [1.807, 2.05) is 0 Å². The summed E-state index contributed by atoms with van der Waals surface area (Å²) >= 11 is 0. The van der Waals surface area contributed by atoms with E-state index in [0.29, 0.717) is 12.1 Å². The fourth-order valence-corrected chi connectivity index (χ4v) is 3.03. The molecule has 2 aliphatic heterocycles. The largest absolute Gasteiger partial charge is 0.382 e. The monoisotopic (exact) mass is 245 g/mol. The Hall–Kier alpha value is -1.06. The summed E-state index contributed by atoms with van der Waals surface area (Å²) in [5.41, 5.74) is 4.36. The molecule has 0 aliphatic carbocycles. The molecule has 2 aliphatic rings. The second-order valence-corrected chi connectivity index (χ2v) is 5.60. The van der Waals surface area contributed by atoms with E-state index < -0.39 is 0 Å². The Morgan fingerprint density at radius 2 is 2.06 bits per heavy atom. The van der Waals surface area contributed by atoms with Gasteiger partial charge in [0.05, 0.1) is 0 Å². The van der Waals surface area contributed by atoms with Crippen LogP contribution in [0, 0.1) is 0 Å². The molecule has 98 valence electrons. The van der Waals surface area contributed by atoms with Gasteiger partial charge in [-0.2, -0.15) is 0 Å². The first-order chi connectivity index (χ1) is 8.83. The second-order valence-electron chi connectivity index (χ2n) is 5.60. The Kier molecular flexibility index (Phi) is 3.52. The van der Waals surface area contributed by atoms with Gasteiger partial charge in [0.25, 0.3) is 0 Å². The first-order valence-electron chi connectivity index (χ1n) is 7.14. The molecular weight excluding hydrogens is 222 g/mol. The van der Waals surface area contributed by atoms with Gasteiger partial charge < -0.3 is 16.0 Å². The molecule has 1 aromatic carbocycles. The lowest BCUT2D eigenvalue weighted by Crippen LogP contribution is -2.37. The van der Waals surface area contributed by atoms with Crippen LogP contribution in [0.5, 0.6) is 0 Å². The van der Waals surface area contributed by atoms with Gasteiger partial charge in [0.1, 0.15) is 0 Å². The minimum atomic E-state index is 0.591. The lowest BCUT2D eigenvalue weighted by atomic mass is 9.94. The smallest absolute Gasteiger partial charge is 0.0378 e. The number of hydrogen-bond acceptors (Lipinski definition) is 3. The zero-order valence-electron chi connectivity index (χ0n) is 11.1. The van der Waals surface area contributed by atoms with Gasteiger partial charge in [-0.15, -0.1) is 0 Å². The third kappa shape index (κ3) is 2.52. The standard InChI is InChI=1S/C15H23N3/c1-11-9-14-12(10-17-11)3-2-4-15(14)18-13-5-7-16-8-6-13/h2-4,11,13,16-18H,5-10H2,1H3. The van der Waals surface area contributed by atoms with E-state index in [4.69, 9.17) is 0 Å². The molecule has 3 heteroatoms. The molecule has 3 rings (SSSR count). The highest BCUT2D eigenvalue weighted by atomic mass is 15.0. The number of hydrogen-bond donors (Lipinski definition) is 3. The minimum Gasteiger partial charge on any atom is -0.382 e. The van der Waals surface area contributed by atoms with Crippen molar-refractivity contribution >= 4 is 5.69 Å². The van der Waals surface area contributed by atoms with E-state index in [0.717, 1.165) is 26.1 Å². The maximum atomic E-state index is 3.76. The van der Waals surface area contributed by atoms with Gasteiger partial charge in [-0.3, -0.25) is 0 Å². The molecule has 3 N–H and O–H groups in total. The fraction of sp³-hybridized carbons (Fsp3) is 0.600. The highest BCUT2D eigenvalue weighted by Gasteiger charge is 2.19. The zero-order valence-corrected chi connectivity index (χ0v) is 11.1. The van der Waals surface area contributed by atoms with Gasteiger partial charge in [0.2, 0.25) is 0 Å². The summed E-state index contributed by atoms with van der Waals surface area (Å²) < 4.78 is 0. The Morgan fingerprint density at radius 1 is 1.22 bits per heavy atom. The van der Waals surface area contributed by atoms with Crippen molar-refractivity contribution in [3.63, 3.8) is 0 Å². The lowest BCUT2D eigenvalue weighted by molar-refractivity contribution is 0.477. The predicted molar refractivity (Wildman–Crippen MR) is 76.0 cm³/mol. The third-order valence-electron chi connectivity index (χ3n) is 4.12. The van der Waals surface area contributed by atoms with E-state index in [1.54, 1.807) is 0 Å². The first kappa shape index (κ1) is 12.0. The van der Waals surface area contributed by atoms with E-state index in [-0.39, 0.29) is 0 Å². The van der Waals surface area contributed by atoms with Crippen LogP contribution in [0.15, 0.2) is 18.2 Å². The van der Waals surface area contributed by atoms with Crippen LogP contribution < -0.4 is 16.0 Å². The van der Waals surface area contributed by atoms with Crippen molar-refractivity contribution in [2.45, 2.75) is 44.8 Å². The summed E-state index contributed by atoms with van der Waals surface area (Å²) in [5, 5.41) is 10.7. The molecular formula is C15H23N3. The predicted octanol–water partition coefficient (Wildman–Crippen LogP) is 1.88. The number of piperidine rings is 1. The van der Waals surface area contributed by atoms with Crippen molar-refractivity contribution < 1.29 is 0 Å². The van der Waals surface area contributed by atoms with Crippen LogP contribution in [0.25, 0.3) is 0 Å². The van der Waals surface area contributed by atoms with E-state index in [2.05, 4.69) is 41.1 Å². The Morgan fingerprint density at radius 3 is 2.89 bits per heavy atom. The van der Waals surface area contributed by atoms with E-state index in [9.17, 15) is 0 Å². The molecule has 1 aromatic rings. The summed E-state index contributed by atoms with van der Waals surface area (Å²) in [5.74, 6) is 0. The molecule has 0 radical (unpaired) electrons. The highest BCUT2D eigenvalue weighted by molar-refractivity contribution is 5.56. The van der Waals surface area contributed by atoms with Gasteiger partial charge in [-0.05, 0) is 56.5 Å². The molecule has 3 nitrogen and oxygen atoms in total. The van der Waals surface area contributed by atoms with Crippen LogP contribution in [0.1, 0.15) is 30.9 Å². The van der Waals surface area contributed by atoms with Crippen molar-refractivity contribution in [2.24, 2.45) is 0 Å². The topological polar surface area (TPSA) is 36.1 Å². The van der Waals surface area contributed by atoms with Gasteiger partial charge >= 0.3 is 0 Å². The number of anilines is 1. The highest BCUT2D eigenvalue weighted by Crippen LogP contribution is 2.26. The number of rotatable bonds is 2. The van der Waals surface area contributed by atoms with Crippen molar-refractivity contribution in [1.29, 1.82) is 0 Å². The van der Waals surface area contributed by atoms with Crippen LogP contribution >= 0.6 is 0 Å². The van der Waals surface area contributed by atoms with Crippen molar-refractivity contribution in [3.05, 3.63) is 29.3 Å². The van der Waals surface area contributed by atoms with Crippen molar-refractivity contribution in [1.82, 2.24) is 10.6 Å². The quantitative estimate of drug-likeness (QED) is 0.744. The van der Waals surface area contributed by atoms with Gasteiger partial charge in [-0.25, -0.2) is 0 Å². The maximum Gasteiger partial charge on any atom is 0.0378 e.